The van der Waals surface area contributed by atoms with Gasteiger partial charge in [-0.3, -0.25) is 9.52 Å². The van der Waals surface area contributed by atoms with Gasteiger partial charge < -0.3 is 11.1 Å². The van der Waals surface area contributed by atoms with E-state index in [9.17, 15) is 34.8 Å². The highest BCUT2D eigenvalue weighted by Crippen LogP contribution is 2.36. The molecule has 31 heavy (non-hydrogen) atoms. The monoisotopic (exact) mass is 476 g/mol. The fourth-order valence-electron chi connectivity index (χ4n) is 2.99. The number of anilines is 2. The van der Waals surface area contributed by atoms with Gasteiger partial charge in [0.15, 0.2) is 0 Å². The Morgan fingerprint density at radius 2 is 1.71 bits per heavy atom. The first-order valence-electron chi connectivity index (χ1n) is 8.35. The molecule has 2 aromatic rings. The summed E-state index contributed by atoms with van der Waals surface area (Å²) in [5.41, 5.74) is 0.286. The molecule has 0 unspecified atom stereocenters. The van der Waals surface area contributed by atoms with Gasteiger partial charge in [0.05, 0.1) is 5.69 Å². The number of para-hydroxylation sites is 1. The molecule has 0 fully saturated rings. The zero-order valence-corrected chi connectivity index (χ0v) is 17.0. The molecule has 1 aliphatic rings. The summed E-state index contributed by atoms with van der Waals surface area (Å²) in [7, 11) is -10.5. The molecule has 1 heterocycles. The van der Waals surface area contributed by atoms with Crippen LogP contribution in [-0.2, 0) is 31.3 Å². The summed E-state index contributed by atoms with van der Waals surface area (Å²) in [5.74, 6) is -0.877. The number of carbonyl (C=O) groups is 1. The van der Waals surface area contributed by atoms with E-state index < -0.39 is 42.0 Å². The van der Waals surface area contributed by atoms with Crippen LogP contribution in [0, 0.1) is 0 Å². The lowest BCUT2D eigenvalue weighted by Crippen LogP contribution is -2.31. The van der Waals surface area contributed by atoms with Gasteiger partial charge in [-0.2, -0.15) is 21.6 Å². The third kappa shape index (κ3) is 4.50. The molecule has 3 rings (SSSR count). The number of hydrogen-bond acceptors (Lipinski definition) is 6. The Labute approximate surface area is 175 Å². The third-order valence-corrected chi connectivity index (χ3v) is 6.44. The van der Waals surface area contributed by atoms with Crippen molar-refractivity contribution in [2.75, 3.05) is 10.0 Å². The van der Waals surface area contributed by atoms with Crippen LogP contribution in [0.2, 0.25) is 0 Å². The number of primary amides is 1. The van der Waals surface area contributed by atoms with E-state index in [1.54, 1.807) is 24.3 Å². The Morgan fingerprint density at radius 3 is 2.29 bits per heavy atom. The topological polar surface area (TPSA) is 161 Å². The number of sulfonamides is 2. The van der Waals surface area contributed by atoms with Gasteiger partial charge in [0, 0.05) is 12.1 Å². The minimum Gasteiger partial charge on any atom is -0.364 e. The summed E-state index contributed by atoms with van der Waals surface area (Å²) < 4.78 is 86.3. The molecule has 0 spiro atoms. The van der Waals surface area contributed by atoms with Crippen LogP contribution < -0.4 is 20.9 Å². The van der Waals surface area contributed by atoms with E-state index in [1.165, 1.54) is 10.8 Å². The molecule has 0 atom stereocenters. The second kappa shape index (κ2) is 7.55. The van der Waals surface area contributed by atoms with E-state index in [0.717, 1.165) is 17.7 Å². The van der Waals surface area contributed by atoms with Gasteiger partial charge in [0.2, 0.25) is 10.0 Å². The highest BCUT2D eigenvalue weighted by atomic mass is 32.2. The summed E-state index contributed by atoms with van der Waals surface area (Å²) in [5, 5.41) is 7.84. The summed E-state index contributed by atoms with van der Waals surface area (Å²) >= 11 is 0. The molecular weight excluding hydrogens is 461 g/mol. The highest BCUT2D eigenvalue weighted by Gasteiger charge is 2.46. The number of primary sulfonamides is 1. The molecule has 0 aliphatic carbocycles. The normalized spacial score (nSPS) is 14.6. The molecule has 2 aromatic carbocycles. The third-order valence-electron chi connectivity index (χ3n) is 4.38. The molecule has 1 amide bonds. The van der Waals surface area contributed by atoms with Crippen molar-refractivity contribution in [3.63, 3.8) is 0 Å². The van der Waals surface area contributed by atoms with Crippen molar-refractivity contribution in [3.8, 4) is 0 Å². The summed E-state index contributed by atoms with van der Waals surface area (Å²) in [4.78, 5) is 11.1. The fourth-order valence-corrected chi connectivity index (χ4v) is 4.30. The summed E-state index contributed by atoms with van der Waals surface area (Å²) in [6.07, 6.45) is 0.113. The van der Waals surface area contributed by atoms with Gasteiger partial charge in [-0.05, 0) is 34.9 Å². The first-order chi connectivity index (χ1) is 14.2. The molecule has 0 aromatic heterocycles. The number of rotatable bonds is 5. The van der Waals surface area contributed by atoms with Gasteiger partial charge in [-0.1, -0.05) is 24.3 Å². The minimum absolute atomic E-state index is 0.0584. The first-order valence-corrected chi connectivity index (χ1v) is 11.4. The fraction of sp³-hybridized carbons (Fsp3) is 0.118. The van der Waals surface area contributed by atoms with Crippen molar-refractivity contribution in [1.29, 1.82) is 0 Å². The van der Waals surface area contributed by atoms with E-state index in [-0.39, 0.29) is 23.3 Å². The number of benzene rings is 2. The largest absolute Gasteiger partial charge is 0.516 e. The van der Waals surface area contributed by atoms with Crippen LogP contribution in [0.1, 0.15) is 11.1 Å². The Hall–Kier alpha value is -3.10. The van der Waals surface area contributed by atoms with Gasteiger partial charge in [-0.25, -0.2) is 13.6 Å². The van der Waals surface area contributed by atoms with Crippen LogP contribution in [0.4, 0.5) is 24.5 Å². The first kappa shape index (κ1) is 22.6. The maximum Gasteiger partial charge on any atom is 0.516 e. The minimum atomic E-state index is -5.95. The smallest absolute Gasteiger partial charge is 0.364 e. The second-order valence-corrected chi connectivity index (χ2v) is 9.69. The van der Waals surface area contributed by atoms with Gasteiger partial charge in [-0.15, -0.1) is 0 Å². The van der Waals surface area contributed by atoms with Gasteiger partial charge in [0.1, 0.15) is 10.6 Å². The van der Waals surface area contributed by atoms with Gasteiger partial charge >= 0.3 is 15.5 Å². The van der Waals surface area contributed by atoms with Crippen LogP contribution >= 0.6 is 0 Å². The molecule has 1 aliphatic heterocycles. The highest BCUT2D eigenvalue weighted by molar-refractivity contribution is 7.93. The van der Waals surface area contributed by atoms with Crippen molar-refractivity contribution in [1.82, 2.24) is 0 Å². The SMILES string of the molecule is NC(=O)C1=C(c2ccc(S(N)(=O)=O)c(NS(=O)(=O)C(F)(F)F)c2)Cc2ccccc2N1. The van der Waals surface area contributed by atoms with Crippen LogP contribution in [0.3, 0.4) is 0 Å². The quantitative estimate of drug-likeness (QED) is 0.511. The molecular formula is C17H15F3N4O5S2. The average Bonchev–Trinajstić information content (AvgIpc) is 2.64. The van der Waals surface area contributed by atoms with Crippen molar-refractivity contribution >= 4 is 42.9 Å². The van der Waals surface area contributed by atoms with E-state index in [2.05, 4.69) is 5.32 Å². The summed E-state index contributed by atoms with van der Waals surface area (Å²) in [6.45, 7) is 0. The Morgan fingerprint density at radius 1 is 1.06 bits per heavy atom. The average molecular weight is 476 g/mol. The maximum atomic E-state index is 12.8. The van der Waals surface area contributed by atoms with Crippen molar-refractivity contribution in [2.45, 2.75) is 16.8 Å². The van der Waals surface area contributed by atoms with E-state index in [1.807, 2.05) is 0 Å². The van der Waals surface area contributed by atoms with Crippen LogP contribution in [0.5, 0.6) is 0 Å². The predicted octanol–water partition coefficient (Wildman–Crippen LogP) is 1.46. The van der Waals surface area contributed by atoms with Gasteiger partial charge in [0.25, 0.3) is 5.91 Å². The number of allylic oxidation sites excluding steroid dienone is 1. The van der Waals surface area contributed by atoms with E-state index in [4.69, 9.17) is 10.9 Å². The second-order valence-electron chi connectivity index (χ2n) is 6.48. The summed E-state index contributed by atoms with van der Waals surface area (Å²) in [6, 6.07) is 9.70. The van der Waals surface area contributed by atoms with Crippen LogP contribution in [0.15, 0.2) is 53.1 Å². The molecule has 6 N–H and O–H groups in total. The van der Waals surface area contributed by atoms with Crippen molar-refractivity contribution < 1.29 is 34.8 Å². The van der Waals surface area contributed by atoms with Crippen molar-refractivity contribution in [3.05, 3.63) is 59.3 Å². The molecule has 0 saturated heterocycles. The molecule has 166 valence electrons. The lowest BCUT2D eigenvalue weighted by atomic mass is 9.91. The Bertz CT molecular complexity index is 1320. The number of hydrogen-bond donors (Lipinski definition) is 4. The predicted molar refractivity (Wildman–Crippen MR) is 106 cm³/mol. The lowest BCUT2D eigenvalue weighted by molar-refractivity contribution is -0.114. The van der Waals surface area contributed by atoms with E-state index in [0.29, 0.717) is 5.69 Å². The molecule has 0 saturated carbocycles. The zero-order valence-electron chi connectivity index (χ0n) is 15.4. The molecule has 9 nitrogen and oxygen atoms in total. The number of amides is 1. The molecule has 14 heteroatoms. The Kier molecular flexibility index (Phi) is 5.50. The van der Waals surface area contributed by atoms with Crippen LogP contribution in [-0.4, -0.2) is 28.3 Å². The number of alkyl halides is 3. The molecule has 0 bridgehead atoms. The number of carbonyl (C=O) groups excluding carboxylic acids is 1. The van der Waals surface area contributed by atoms with E-state index >= 15 is 0 Å². The lowest BCUT2D eigenvalue weighted by Gasteiger charge is -2.24. The van der Waals surface area contributed by atoms with Crippen molar-refractivity contribution in [2.24, 2.45) is 10.9 Å². The molecule has 0 radical (unpaired) electrons. The standard InChI is InChI=1S/C17H15F3N4O5S2/c18-17(19,20)31(28,29)24-13-8-9(5-6-14(13)30(22,26)27)11-7-10-3-1-2-4-12(10)23-15(11)16(21)25/h1-6,8,23-24H,7H2,(H2,21,25)(H2,22,26,27). The zero-order chi connectivity index (χ0) is 23.2. The number of fused-ring (bicyclic) bond motifs is 1. The Balaban J connectivity index is 2.19. The maximum absolute atomic E-state index is 12.8. The number of halogens is 3. The number of nitrogens with two attached hydrogens (primary N) is 2. The van der Waals surface area contributed by atoms with Crippen LogP contribution in [0.25, 0.3) is 5.57 Å². The number of nitrogens with one attached hydrogen (secondary N) is 2.